The summed E-state index contributed by atoms with van der Waals surface area (Å²) >= 11 is 0. The molecule has 0 atom stereocenters. The minimum absolute atomic E-state index is 0.230. The number of halogens is 1. The molecule has 1 aliphatic rings. The third-order valence-electron chi connectivity index (χ3n) is 3.44. The average molecular weight is 242 g/mol. The zero-order chi connectivity index (χ0) is 12.5. The van der Waals surface area contributed by atoms with Gasteiger partial charge < -0.3 is 10.6 Å². The van der Waals surface area contributed by atoms with Crippen molar-refractivity contribution in [3.63, 3.8) is 0 Å². The number of nitrogens with zero attached hydrogens (tertiary/aromatic N) is 1. The number of nitrogens with two attached hydrogens (primary N) is 1. The Hall–Kier alpha value is -1.87. The number of para-hydroxylation sites is 1. The van der Waals surface area contributed by atoms with E-state index < -0.39 is 0 Å². The van der Waals surface area contributed by atoms with E-state index in [0.717, 1.165) is 24.2 Å². The van der Waals surface area contributed by atoms with Gasteiger partial charge in [0.15, 0.2) is 0 Å². The van der Waals surface area contributed by atoms with Crippen molar-refractivity contribution in [1.29, 1.82) is 0 Å². The summed E-state index contributed by atoms with van der Waals surface area (Å²) in [5.74, 6) is -0.230. The first-order valence-electron chi connectivity index (χ1n) is 6.13. The molecule has 0 amide bonds. The van der Waals surface area contributed by atoms with Gasteiger partial charge in [-0.25, -0.2) is 4.39 Å². The smallest absolute Gasteiger partial charge is 0.123 e. The lowest BCUT2D eigenvalue weighted by atomic mass is 10.1. The van der Waals surface area contributed by atoms with Gasteiger partial charge in [0, 0.05) is 24.5 Å². The summed E-state index contributed by atoms with van der Waals surface area (Å²) in [4.78, 5) is 2.22. The van der Waals surface area contributed by atoms with Gasteiger partial charge in [-0.2, -0.15) is 0 Å². The van der Waals surface area contributed by atoms with E-state index in [9.17, 15) is 4.39 Å². The van der Waals surface area contributed by atoms with Crippen molar-refractivity contribution in [2.75, 3.05) is 11.4 Å². The van der Waals surface area contributed by atoms with Crippen LogP contribution in [0.3, 0.4) is 0 Å². The Labute approximate surface area is 106 Å². The fraction of sp³-hybridized carbons (Fsp3) is 0.200. The first kappa shape index (κ1) is 11.2. The van der Waals surface area contributed by atoms with Crippen LogP contribution >= 0.6 is 0 Å². The topological polar surface area (TPSA) is 29.3 Å². The summed E-state index contributed by atoms with van der Waals surface area (Å²) in [6, 6.07) is 13.2. The number of benzene rings is 2. The van der Waals surface area contributed by atoms with Gasteiger partial charge in [-0.3, -0.25) is 0 Å². The van der Waals surface area contributed by atoms with Crippen molar-refractivity contribution in [2.24, 2.45) is 5.73 Å². The molecule has 92 valence electrons. The predicted molar refractivity (Wildman–Crippen MR) is 71.4 cm³/mol. The molecule has 2 nitrogen and oxygen atoms in total. The van der Waals surface area contributed by atoms with E-state index in [2.05, 4.69) is 23.1 Å². The highest BCUT2D eigenvalue weighted by atomic mass is 19.1. The van der Waals surface area contributed by atoms with E-state index in [1.165, 1.54) is 23.4 Å². The van der Waals surface area contributed by atoms with Crippen molar-refractivity contribution < 1.29 is 4.39 Å². The molecule has 0 spiro atoms. The summed E-state index contributed by atoms with van der Waals surface area (Å²) in [6.07, 6.45) is 1.03. The number of anilines is 2. The standard InChI is InChI=1S/C15H15FN2/c16-13-5-6-15(12(9-13)10-17)18-8-7-11-3-1-2-4-14(11)18/h1-6,9H,7-8,10,17H2. The molecule has 0 aromatic heterocycles. The monoisotopic (exact) mass is 242 g/mol. The van der Waals surface area contributed by atoms with Gasteiger partial charge in [-0.15, -0.1) is 0 Å². The Bertz CT molecular complexity index is 580. The Balaban J connectivity index is 2.07. The van der Waals surface area contributed by atoms with Crippen LogP contribution in [-0.2, 0) is 13.0 Å². The van der Waals surface area contributed by atoms with Gasteiger partial charge in [0.05, 0.1) is 0 Å². The summed E-state index contributed by atoms with van der Waals surface area (Å²) in [6.45, 7) is 1.28. The summed E-state index contributed by atoms with van der Waals surface area (Å²) in [7, 11) is 0. The van der Waals surface area contributed by atoms with Crippen molar-refractivity contribution in [1.82, 2.24) is 0 Å². The van der Waals surface area contributed by atoms with Crippen molar-refractivity contribution in [3.05, 3.63) is 59.4 Å². The zero-order valence-corrected chi connectivity index (χ0v) is 10.1. The van der Waals surface area contributed by atoms with Crippen molar-refractivity contribution >= 4 is 11.4 Å². The second-order valence-corrected chi connectivity index (χ2v) is 4.51. The van der Waals surface area contributed by atoms with E-state index in [-0.39, 0.29) is 5.82 Å². The van der Waals surface area contributed by atoms with Gasteiger partial charge in [0.1, 0.15) is 5.82 Å². The highest BCUT2D eigenvalue weighted by Crippen LogP contribution is 2.36. The molecule has 0 saturated heterocycles. The first-order valence-corrected chi connectivity index (χ1v) is 6.13. The predicted octanol–water partition coefficient (Wildman–Crippen LogP) is 2.98. The largest absolute Gasteiger partial charge is 0.341 e. The van der Waals surface area contributed by atoms with Crippen LogP contribution in [0.15, 0.2) is 42.5 Å². The molecule has 0 radical (unpaired) electrons. The molecule has 3 rings (SSSR count). The molecule has 0 fully saturated rings. The van der Waals surface area contributed by atoms with Gasteiger partial charge >= 0.3 is 0 Å². The molecule has 1 heterocycles. The van der Waals surface area contributed by atoms with Crippen LogP contribution in [0.1, 0.15) is 11.1 Å². The molecular weight excluding hydrogens is 227 g/mol. The maximum atomic E-state index is 13.2. The van der Waals surface area contributed by atoms with E-state index in [1.807, 2.05) is 12.1 Å². The second kappa shape index (κ2) is 4.42. The molecule has 18 heavy (non-hydrogen) atoms. The summed E-state index contributed by atoms with van der Waals surface area (Å²) in [5.41, 5.74) is 10.1. The SMILES string of the molecule is NCc1cc(F)ccc1N1CCc2ccccc21. The molecule has 2 aromatic rings. The fourth-order valence-corrected chi connectivity index (χ4v) is 2.57. The van der Waals surface area contributed by atoms with Crippen LogP contribution in [0.25, 0.3) is 0 Å². The van der Waals surface area contributed by atoms with Gasteiger partial charge in [0.2, 0.25) is 0 Å². The molecule has 1 aliphatic heterocycles. The maximum absolute atomic E-state index is 13.2. The Morgan fingerprint density at radius 2 is 1.94 bits per heavy atom. The third kappa shape index (κ3) is 1.77. The summed E-state index contributed by atoms with van der Waals surface area (Å²) in [5, 5.41) is 0. The van der Waals surface area contributed by atoms with E-state index >= 15 is 0 Å². The molecule has 0 bridgehead atoms. The van der Waals surface area contributed by atoms with Crippen molar-refractivity contribution in [3.8, 4) is 0 Å². The third-order valence-corrected chi connectivity index (χ3v) is 3.44. The average Bonchev–Trinajstić information content (AvgIpc) is 2.82. The highest BCUT2D eigenvalue weighted by molar-refractivity contribution is 5.72. The molecule has 2 N–H and O–H groups in total. The highest BCUT2D eigenvalue weighted by Gasteiger charge is 2.21. The van der Waals surface area contributed by atoms with Crippen molar-refractivity contribution in [2.45, 2.75) is 13.0 Å². The Kier molecular flexibility index (Phi) is 2.76. The minimum atomic E-state index is -0.230. The number of hydrogen-bond donors (Lipinski definition) is 1. The number of hydrogen-bond acceptors (Lipinski definition) is 2. The van der Waals surface area contributed by atoms with Gasteiger partial charge in [-0.1, -0.05) is 18.2 Å². The van der Waals surface area contributed by atoms with Crippen LogP contribution in [0.2, 0.25) is 0 Å². The van der Waals surface area contributed by atoms with Crippen LogP contribution in [0, 0.1) is 5.82 Å². The lowest BCUT2D eigenvalue weighted by Gasteiger charge is -2.22. The van der Waals surface area contributed by atoms with Crippen LogP contribution in [-0.4, -0.2) is 6.54 Å². The minimum Gasteiger partial charge on any atom is -0.341 e. The number of fused-ring (bicyclic) bond motifs is 1. The van der Waals surface area contributed by atoms with Gasteiger partial charge in [-0.05, 0) is 41.8 Å². The normalized spacial score (nSPS) is 13.8. The molecule has 3 heteroatoms. The Morgan fingerprint density at radius 3 is 2.78 bits per heavy atom. The summed E-state index contributed by atoms with van der Waals surface area (Å²) < 4.78 is 13.2. The van der Waals surface area contributed by atoms with E-state index in [4.69, 9.17) is 5.73 Å². The Morgan fingerprint density at radius 1 is 1.11 bits per heavy atom. The molecule has 0 aliphatic carbocycles. The zero-order valence-electron chi connectivity index (χ0n) is 10.1. The van der Waals surface area contributed by atoms with E-state index in [1.54, 1.807) is 0 Å². The molecule has 0 unspecified atom stereocenters. The number of rotatable bonds is 2. The van der Waals surface area contributed by atoms with Crippen LogP contribution in [0.5, 0.6) is 0 Å². The quantitative estimate of drug-likeness (QED) is 0.877. The van der Waals surface area contributed by atoms with Crippen LogP contribution in [0.4, 0.5) is 15.8 Å². The maximum Gasteiger partial charge on any atom is 0.123 e. The van der Waals surface area contributed by atoms with Gasteiger partial charge in [0.25, 0.3) is 0 Å². The first-order chi connectivity index (χ1) is 8.79. The molecule has 2 aromatic carbocycles. The van der Waals surface area contributed by atoms with Crippen LogP contribution < -0.4 is 10.6 Å². The molecular formula is C15H15FN2. The van der Waals surface area contributed by atoms with E-state index in [0.29, 0.717) is 6.54 Å². The molecule has 0 saturated carbocycles. The lowest BCUT2D eigenvalue weighted by Crippen LogP contribution is -2.16. The second-order valence-electron chi connectivity index (χ2n) is 4.51. The lowest BCUT2D eigenvalue weighted by molar-refractivity contribution is 0.625. The fourth-order valence-electron chi connectivity index (χ4n) is 2.57.